The van der Waals surface area contributed by atoms with E-state index in [0.29, 0.717) is 22.8 Å². The second-order valence-corrected chi connectivity index (χ2v) is 10.7. The lowest BCUT2D eigenvalue weighted by molar-refractivity contribution is -0.123. The summed E-state index contributed by atoms with van der Waals surface area (Å²) in [7, 11) is -1.29. The molecule has 0 radical (unpaired) electrons. The first-order valence-corrected chi connectivity index (χ1v) is 14.4. The van der Waals surface area contributed by atoms with Crippen LogP contribution in [0.3, 0.4) is 0 Å². The van der Waals surface area contributed by atoms with Gasteiger partial charge in [0.2, 0.25) is 0 Å². The Kier molecular flexibility index (Phi) is 10.4. The molecule has 1 aromatic heterocycles. The van der Waals surface area contributed by atoms with Gasteiger partial charge in [0, 0.05) is 6.07 Å². The lowest BCUT2D eigenvalue weighted by Gasteiger charge is -2.25. The summed E-state index contributed by atoms with van der Waals surface area (Å²) in [6, 6.07) is 22.5. The first-order chi connectivity index (χ1) is 20.8. The molecule has 0 atom stereocenters. The zero-order chi connectivity index (χ0) is 30.7. The van der Waals surface area contributed by atoms with Gasteiger partial charge < -0.3 is 23.9 Å². The van der Waals surface area contributed by atoms with Crippen LogP contribution in [0.5, 0.6) is 17.2 Å². The van der Waals surface area contributed by atoms with Crippen molar-refractivity contribution in [1.29, 1.82) is 0 Å². The third-order valence-corrected chi connectivity index (χ3v) is 7.74. The molecule has 3 aromatic carbocycles. The number of methoxy groups -OCH3 is 2. The molecule has 12 nitrogen and oxygen atoms in total. The highest BCUT2D eigenvalue weighted by Gasteiger charge is 2.29. The zero-order valence-corrected chi connectivity index (χ0v) is 24.2. The molecule has 43 heavy (non-hydrogen) atoms. The molecule has 4 rings (SSSR count). The van der Waals surface area contributed by atoms with E-state index in [-0.39, 0.29) is 35.4 Å². The maximum atomic E-state index is 13.6. The van der Waals surface area contributed by atoms with Crippen LogP contribution in [0.1, 0.15) is 11.3 Å². The summed E-state index contributed by atoms with van der Waals surface area (Å²) in [5.74, 6) is 0.762. The van der Waals surface area contributed by atoms with Crippen LogP contribution in [0.2, 0.25) is 0 Å². The van der Waals surface area contributed by atoms with Crippen molar-refractivity contribution in [2.75, 3.05) is 31.7 Å². The number of anilines is 1. The molecule has 0 spiro atoms. The molecule has 0 fully saturated rings. The van der Waals surface area contributed by atoms with Gasteiger partial charge in [-0.15, -0.1) is 0 Å². The van der Waals surface area contributed by atoms with Crippen molar-refractivity contribution in [3.63, 3.8) is 0 Å². The third kappa shape index (κ3) is 8.36. The van der Waals surface area contributed by atoms with Crippen LogP contribution in [0.4, 0.5) is 5.69 Å². The van der Waals surface area contributed by atoms with Gasteiger partial charge in [-0.3, -0.25) is 13.9 Å². The number of amides is 2. The van der Waals surface area contributed by atoms with E-state index in [9.17, 15) is 18.0 Å². The topological polar surface area (TPSA) is 149 Å². The molecule has 1 heterocycles. The molecular weight excluding hydrogens is 576 g/mol. The van der Waals surface area contributed by atoms with Gasteiger partial charge in [-0.1, -0.05) is 18.2 Å². The molecule has 2 amide bonds. The Morgan fingerprint density at radius 3 is 2.33 bits per heavy atom. The van der Waals surface area contributed by atoms with E-state index in [2.05, 4.69) is 15.8 Å². The van der Waals surface area contributed by atoms with Gasteiger partial charge in [0.1, 0.15) is 29.6 Å². The van der Waals surface area contributed by atoms with E-state index in [0.717, 1.165) is 4.31 Å². The Morgan fingerprint density at radius 2 is 1.65 bits per heavy atom. The van der Waals surface area contributed by atoms with Gasteiger partial charge in [0.25, 0.3) is 21.8 Å². The SMILES string of the molecule is COc1ccc(N(CC(=O)N/N=C/c2ccc(OCC(=O)NCc3ccco3)cc2)S(=O)(=O)c2ccccc2)c(OC)c1. The van der Waals surface area contributed by atoms with E-state index in [1.54, 1.807) is 60.7 Å². The molecule has 13 heteroatoms. The number of hydrogen-bond acceptors (Lipinski definition) is 9. The van der Waals surface area contributed by atoms with Crippen molar-refractivity contribution in [3.8, 4) is 17.2 Å². The van der Waals surface area contributed by atoms with E-state index in [4.69, 9.17) is 18.6 Å². The summed E-state index contributed by atoms with van der Waals surface area (Å²) >= 11 is 0. The smallest absolute Gasteiger partial charge is 0.264 e. The number of carbonyl (C=O) groups excluding carboxylic acids is 2. The Labute approximate surface area is 248 Å². The average Bonchev–Trinajstić information content (AvgIpc) is 3.56. The number of nitrogens with one attached hydrogen (secondary N) is 2. The van der Waals surface area contributed by atoms with Crippen LogP contribution in [0, 0.1) is 0 Å². The number of furan rings is 1. The fourth-order valence-electron chi connectivity index (χ4n) is 3.80. The van der Waals surface area contributed by atoms with Crippen LogP contribution >= 0.6 is 0 Å². The number of ether oxygens (including phenoxy) is 3. The largest absolute Gasteiger partial charge is 0.497 e. The molecular formula is C30H30N4O8S. The number of benzene rings is 3. The van der Waals surface area contributed by atoms with Crippen LogP contribution in [-0.4, -0.2) is 53.8 Å². The van der Waals surface area contributed by atoms with Crippen molar-refractivity contribution in [2.45, 2.75) is 11.4 Å². The van der Waals surface area contributed by atoms with E-state index >= 15 is 0 Å². The number of carbonyl (C=O) groups is 2. The Morgan fingerprint density at radius 1 is 0.907 bits per heavy atom. The number of hydrogen-bond donors (Lipinski definition) is 2. The van der Waals surface area contributed by atoms with Crippen LogP contribution in [0.15, 0.2) is 106 Å². The highest BCUT2D eigenvalue weighted by atomic mass is 32.2. The quantitative estimate of drug-likeness (QED) is 0.164. The van der Waals surface area contributed by atoms with E-state index in [1.165, 1.54) is 51.0 Å². The molecule has 0 bridgehead atoms. The molecule has 2 N–H and O–H groups in total. The maximum Gasteiger partial charge on any atom is 0.264 e. The first kappa shape index (κ1) is 30.7. The highest BCUT2D eigenvalue weighted by molar-refractivity contribution is 7.92. The van der Waals surface area contributed by atoms with Crippen LogP contribution in [-0.2, 0) is 26.2 Å². The lowest BCUT2D eigenvalue weighted by atomic mass is 10.2. The molecule has 0 aliphatic rings. The van der Waals surface area contributed by atoms with Gasteiger partial charge in [0.15, 0.2) is 6.61 Å². The van der Waals surface area contributed by atoms with Gasteiger partial charge >= 0.3 is 0 Å². The summed E-state index contributed by atoms with van der Waals surface area (Å²) in [5.41, 5.74) is 3.14. The Hall–Kier alpha value is -5.30. The van der Waals surface area contributed by atoms with E-state index in [1.807, 2.05) is 0 Å². The molecule has 0 aliphatic heterocycles. The Balaban J connectivity index is 1.38. The average molecular weight is 607 g/mol. The van der Waals surface area contributed by atoms with Crippen molar-refractivity contribution >= 4 is 33.7 Å². The molecule has 0 aliphatic carbocycles. The summed E-state index contributed by atoms with van der Waals surface area (Å²) < 4.78 is 49.4. The molecule has 224 valence electrons. The minimum absolute atomic E-state index is 0.00138. The normalized spacial score (nSPS) is 11.1. The molecule has 0 saturated carbocycles. The van der Waals surface area contributed by atoms with Crippen molar-refractivity contribution in [1.82, 2.24) is 10.7 Å². The fourth-order valence-corrected chi connectivity index (χ4v) is 5.26. The number of sulfonamides is 1. The lowest BCUT2D eigenvalue weighted by Crippen LogP contribution is -2.39. The summed E-state index contributed by atoms with van der Waals surface area (Å²) in [6.45, 7) is -0.489. The number of rotatable bonds is 14. The van der Waals surface area contributed by atoms with Crippen molar-refractivity contribution in [3.05, 3.63) is 103 Å². The van der Waals surface area contributed by atoms with Crippen molar-refractivity contribution < 1.29 is 36.6 Å². The van der Waals surface area contributed by atoms with Crippen LogP contribution < -0.4 is 29.3 Å². The van der Waals surface area contributed by atoms with E-state index < -0.39 is 22.5 Å². The summed E-state index contributed by atoms with van der Waals surface area (Å²) in [5, 5.41) is 6.64. The number of nitrogens with zero attached hydrogens (tertiary/aromatic N) is 2. The maximum absolute atomic E-state index is 13.6. The fraction of sp³-hybridized carbons (Fsp3) is 0.167. The van der Waals surface area contributed by atoms with Gasteiger partial charge in [0.05, 0.1) is 43.8 Å². The highest BCUT2D eigenvalue weighted by Crippen LogP contribution is 2.35. The van der Waals surface area contributed by atoms with Crippen LogP contribution in [0.25, 0.3) is 0 Å². The molecule has 4 aromatic rings. The number of hydrazone groups is 1. The van der Waals surface area contributed by atoms with Gasteiger partial charge in [-0.2, -0.15) is 5.10 Å². The monoisotopic (exact) mass is 606 g/mol. The summed E-state index contributed by atoms with van der Waals surface area (Å²) in [4.78, 5) is 24.9. The molecule has 0 saturated heterocycles. The van der Waals surface area contributed by atoms with Gasteiger partial charge in [-0.05, 0) is 66.2 Å². The first-order valence-electron chi connectivity index (χ1n) is 12.9. The second kappa shape index (κ2) is 14.5. The van der Waals surface area contributed by atoms with Gasteiger partial charge in [-0.25, -0.2) is 13.8 Å². The standard InChI is InChI=1S/C30H30N4O8S/c1-39-24-14-15-27(28(17-24)40-2)34(43(37,38)26-8-4-3-5-9-26)20-29(35)33-32-18-22-10-12-23(13-11-22)42-21-30(36)31-19-25-7-6-16-41-25/h3-18H,19-21H2,1-2H3,(H,31,36)(H,33,35)/b32-18+. The zero-order valence-electron chi connectivity index (χ0n) is 23.4. The molecule has 0 unspecified atom stereocenters. The minimum Gasteiger partial charge on any atom is -0.497 e. The van der Waals surface area contributed by atoms with Crippen molar-refractivity contribution in [2.24, 2.45) is 5.10 Å². The predicted octanol–water partition coefficient (Wildman–Crippen LogP) is 3.34. The summed E-state index contributed by atoms with van der Waals surface area (Å²) in [6.07, 6.45) is 2.92. The predicted molar refractivity (Wildman–Crippen MR) is 159 cm³/mol. The Bertz CT molecular complexity index is 1640. The third-order valence-electron chi connectivity index (χ3n) is 5.97. The second-order valence-electron chi connectivity index (χ2n) is 8.87. The minimum atomic E-state index is -4.16.